The fourth-order valence-corrected chi connectivity index (χ4v) is 3.88. The van der Waals surface area contributed by atoms with Gasteiger partial charge >= 0.3 is 6.18 Å². The number of aromatic nitrogens is 2. The summed E-state index contributed by atoms with van der Waals surface area (Å²) in [6.45, 7) is 3.46. The lowest BCUT2D eigenvalue weighted by Gasteiger charge is -2.30. The summed E-state index contributed by atoms with van der Waals surface area (Å²) in [5.41, 5.74) is 1.48. The molecule has 2 heterocycles. The van der Waals surface area contributed by atoms with Crippen molar-refractivity contribution in [1.82, 2.24) is 9.55 Å². The molecule has 7 heteroatoms. The maximum atomic E-state index is 13.8. The molecule has 0 N–H and O–H groups in total. The van der Waals surface area contributed by atoms with Gasteiger partial charge in [-0.2, -0.15) is 13.2 Å². The molecule has 0 saturated carbocycles. The van der Waals surface area contributed by atoms with Crippen LogP contribution >= 0.6 is 0 Å². The Labute approximate surface area is 167 Å². The van der Waals surface area contributed by atoms with Crippen LogP contribution in [0.15, 0.2) is 48.8 Å². The number of imidazole rings is 1. The highest BCUT2D eigenvalue weighted by Gasteiger charge is 2.36. The van der Waals surface area contributed by atoms with E-state index in [4.69, 9.17) is 4.74 Å². The highest BCUT2D eigenvalue weighted by Crippen LogP contribution is 2.40. The Morgan fingerprint density at radius 2 is 1.83 bits per heavy atom. The molecule has 0 spiro atoms. The summed E-state index contributed by atoms with van der Waals surface area (Å²) in [6.07, 6.45) is 0.192. The number of rotatable bonds is 5. The third-order valence-corrected chi connectivity index (χ3v) is 5.39. The van der Waals surface area contributed by atoms with E-state index in [-0.39, 0.29) is 5.75 Å². The van der Waals surface area contributed by atoms with Crippen molar-refractivity contribution < 1.29 is 17.9 Å². The Balaban J connectivity index is 1.67. The Kier molecular flexibility index (Phi) is 5.39. The molecule has 1 aliphatic heterocycles. The number of alkyl halides is 3. The molecule has 1 unspecified atom stereocenters. The number of halogens is 3. The number of piperidine rings is 1. The SMILES string of the molecule is CCC(Oc1ccc(N2CCCCC2)cc1C(F)(F)F)n1cnc2ccccc21. The molecule has 3 aromatic rings. The van der Waals surface area contributed by atoms with Crippen LogP contribution in [0.3, 0.4) is 0 Å². The Morgan fingerprint density at radius 1 is 1.07 bits per heavy atom. The Bertz CT molecular complexity index is 977. The van der Waals surface area contributed by atoms with Crippen molar-refractivity contribution in [3.05, 3.63) is 54.4 Å². The second-order valence-electron chi connectivity index (χ2n) is 7.35. The van der Waals surface area contributed by atoms with Crippen LogP contribution in [0.25, 0.3) is 11.0 Å². The van der Waals surface area contributed by atoms with Gasteiger partial charge in [-0.25, -0.2) is 4.98 Å². The van der Waals surface area contributed by atoms with Gasteiger partial charge in [0, 0.05) is 25.2 Å². The van der Waals surface area contributed by atoms with Crippen LogP contribution in [0.2, 0.25) is 0 Å². The van der Waals surface area contributed by atoms with Crippen LogP contribution in [-0.4, -0.2) is 22.6 Å². The summed E-state index contributed by atoms with van der Waals surface area (Å²) < 4.78 is 49.2. The number of fused-ring (bicyclic) bond motifs is 1. The minimum absolute atomic E-state index is 0.150. The number of para-hydroxylation sites is 2. The molecule has 1 saturated heterocycles. The molecule has 4 rings (SSSR count). The summed E-state index contributed by atoms with van der Waals surface area (Å²) in [7, 11) is 0. The molecule has 1 atom stereocenters. The van der Waals surface area contributed by atoms with Crippen LogP contribution in [-0.2, 0) is 6.18 Å². The lowest BCUT2D eigenvalue weighted by Crippen LogP contribution is -2.29. The molecule has 1 aliphatic rings. The molecule has 4 nitrogen and oxygen atoms in total. The van der Waals surface area contributed by atoms with Gasteiger partial charge in [0.1, 0.15) is 5.75 Å². The van der Waals surface area contributed by atoms with Crippen LogP contribution < -0.4 is 9.64 Å². The van der Waals surface area contributed by atoms with Gasteiger partial charge in [0.25, 0.3) is 0 Å². The zero-order valence-corrected chi connectivity index (χ0v) is 16.3. The molecule has 29 heavy (non-hydrogen) atoms. The van der Waals surface area contributed by atoms with Crippen LogP contribution in [0.5, 0.6) is 5.75 Å². The van der Waals surface area contributed by atoms with Crippen molar-refractivity contribution in [3.63, 3.8) is 0 Å². The van der Waals surface area contributed by atoms with Gasteiger partial charge < -0.3 is 9.64 Å². The number of nitrogens with zero attached hydrogens (tertiary/aromatic N) is 3. The van der Waals surface area contributed by atoms with Crippen LogP contribution in [0.1, 0.15) is 44.4 Å². The van der Waals surface area contributed by atoms with E-state index in [1.165, 1.54) is 12.1 Å². The van der Waals surface area contributed by atoms with E-state index in [2.05, 4.69) is 4.98 Å². The zero-order valence-electron chi connectivity index (χ0n) is 16.3. The van der Waals surface area contributed by atoms with E-state index in [1.54, 1.807) is 17.0 Å². The highest BCUT2D eigenvalue weighted by molar-refractivity contribution is 5.75. The van der Waals surface area contributed by atoms with Crippen molar-refractivity contribution in [2.75, 3.05) is 18.0 Å². The predicted molar refractivity (Wildman–Crippen MR) is 107 cm³/mol. The fourth-order valence-electron chi connectivity index (χ4n) is 3.88. The minimum atomic E-state index is -4.49. The first kappa shape index (κ1) is 19.6. The second kappa shape index (κ2) is 7.97. The van der Waals surface area contributed by atoms with E-state index in [0.29, 0.717) is 12.1 Å². The third-order valence-electron chi connectivity index (χ3n) is 5.39. The van der Waals surface area contributed by atoms with Crippen molar-refractivity contribution in [3.8, 4) is 5.75 Å². The van der Waals surface area contributed by atoms with Crippen LogP contribution in [0.4, 0.5) is 18.9 Å². The first-order chi connectivity index (χ1) is 14.0. The molecule has 154 valence electrons. The van der Waals surface area contributed by atoms with Crippen molar-refractivity contribution in [1.29, 1.82) is 0 Å². The summed E-state index contributed by atoms with van der Waals surface area (Å²) in [5.74, 6) is -0.150. The largest absolute Gasteiger partial charge is 0.470 e. The topological polar surface area (TPSA) is 30.3 Å². The van der Waals surface area contributed by atoms with Crippen LogP contribution in [0, 0.1) is 0 Å². The third kappa shape index (κ3) is 4.04. The molecule has 0 amide bonds. The maximum Gasteiger partial charge on any atom is 0.420 e. The molecular formula is C22H24F3N3O. The van der Waals surface area contributed by atoms with Gasteiger partial charge in [0.05, 0.1) is 22.9 Å². The molecule has 0 radical (unpaired) electrons. The average Bonchev–Trinajstić information content (AvgIpc) is 3.16. The van der Waals surface area contributed by atoms with Gasteiger partial charge in [-0.15, -0.1) is 0 Å². The first-order valence-corrected chi connectivity index (χ1v) is 10.0. The zero-order chi connectivity index (χ0) is 20.4. The average molecular weight is 403 g/mol. The van der Waals surface area contributed by atoms with E-state index in [0.717, 1.165) is 43.4 Å². The van der Waals surface area contributed by atoms with Crippen molar-refractivity contribution >= 4 is 16.7 Å². The molecule has 1 aromatic heterocycles. The van der Waals surface area contributed by atoms with Crippen molar-refractivity contribution in [2.45, 2.75) is 45.0 Å². The number of hydrogen-bond donors (Lipinski definition) is 0. The first-order valence-electron chi connectivity index (χ1n) is 10.0. The molecule has 2 aromatic carbocycles. The molecule has 1 fully saturated rings. The summed E-state index contributed by atoms with van der Waals surface area (Å²) in [5, 5.41) is 0. The number of hydrogen-bond acceptors (Lipinski definition) is 3. The van der Waals surface area contributed by atoms with Gasteiger partial charge in [-0.3, -0.25) is 4.57 Å². The summed E-state index contributed by atoms with van der Waals surface area (Å²) in [6, 6.07) is 11.9. The fraction of sp³-hybridized carbons (Fsp3) is 0.409. The van der Waals surface area contributed by atoms with E-state index >= 15 is 0 Å². The Hall–Kier alpha value is -2.70. The van der Waals surface area contributed by atoms with Gasteiger partial charge in [0.2, 0.25) is 0 Å². The summed E-state index contributed by atoms with van der Waals surface area (Å²) >= 11 is 0. The van der Waals surface area contributed by atoms with Gasteiger partial charge in [0.15, 0.2) is 6.23 Å². The van der Waals surface area contributed by atoms with Crippen molar-refractivity contribution in [2.24, 2.45) is 0 Å². The number of anilines is 1. The van der Waals surface area contributed by atoms with E-state index in [9.17, 15) is 13.2 Å². The second-order valence-corrected chi connectivity index (χ2v) is 7.35. The minimum Gasteiger partial charge on any atom is -0.470 e. The quantitative estimate of drug-likeness (QED) is 0.521. The van der Waals surface area contributed by atoms with E-state index < -0.39 is 18.0 Å². The number of ether oxygens (including phenoxy) is 1. The lowest BCUT2D eigenvalue weighted by atomic mass is 10.1. The smallest absolute Gasteiger partial charge is 0.420 e. The highest BCUT2D eigenvalue weighted by atomic mass is 19.4. The lowest BCUT2D eigenvalue weighted by molar-refractivity contribution is -0.139. The monoisotopic (exact) mass is 403 g/mol. The maximum absolute atomic E-state index is 13.8. The standard InChI is InChI=1S/C22H24F3N3O/c1-2-21(28-15-26-18-8-4-5-9-19(18)28)29-20-11-10-16(14-17(20)22(23,24)25)27-12-6-3-7-13-27/h4-5,8-11,14-15,21H,2-3,6-7,12-13H2,1H3. The predicted octanol–water partition coefficient (Wildman–Crippen LogP) is 6.03. The van der Waals surface area contributed by atoms with Gasteiger partial charge in [-0.05, 0) is 49.6 Å². The number of benzene rings is 2. The van der Waals surface area contributed by atoms with E-state index in [1.807, 2.05) is 36.1 Å². The van der Waals surface area contributed by atoms with Gasteiger partial charge in [-0.1, -0.05) is 19.1 Å². The Morgan fingerprint density at radius 3 is 2.55 bits per heavy atom. The molecule has 0 aliphatic carbocycles. The molecule has 0 bridgehead atoms. The molecular weight excluding hydrogens is 379 g/mol. The summed E-state index contributed by atoms with van der Waals surface area (Å²) in [4.78, 5) is 6.35. The normalized spacial score (nSPS) is 16.2.